The van der Waals surface area contributed by atoms with Gasteiger partial charge in [-0.3, -0.25) is 4.79 Å². The molecule has 3 rings (SSSR count). The van der Waals surface area contributed by atoms with E-state index in [2.05, 4.69) is 79.6 Å². The number of carbonyl (C=O) groups is 1. The number of hydrogen-bond acceptors (Lipinski definition) is 3. The second-order valence-electron chi connectivity index (χ2n) is 9.57. The standard InChI is InChI=1S/C29H35N3OS/c1-21(7-6-8-22(2)19-28(33)31-24-10-12-25(34)13-11-24)9-14-26-23(3)27(15-16-29(26,4)5)32-18-17-30-20-32/h6-14,17-20,27,34H,15-16H2,1-5H3,(H,31,33)/b8-6+,14-9+,21-7+,22-19+. The molecule has 1 aromatic carbocycles. The number of imidazole rings is 1. The van der Waals surface area contributed by atoms with Gasteiger partial charge in [0, 0.05) is 29.1 Å². The molecule has 1 heterocycles. The fourth-order valence-electron chi connectivity index (χ4n) is 4.35. The first-order chi connectivity index (χ1) is 16.2. The summed E-state index contributed by atoms with van der Waals surface area (Å²) in [4.78, 5) is 17.3. The van der Waals surface area contributed by atoms with Gasteiger partial charge in [-0.05, 0) is 80.0 Å². The number of anilines is 1. The van der Waals surface area contributed by atoms with Gasteiger partial charge in [0.15, 0.2) is 0 Å². The van der Waals surface area contributed by atoms with Crippen LogP contribution in [0.4, 0.5) is 5.69 Å². The zero-order chi connectivity index (χ0) is 24.7. The minimum Gasteiger partial charge on any atom is -0.330 e. The predicted molar refractivity (Wildman–Crippen MR) is 145 cm³/mol. The number of nitrogens with zero attached hydrogens (tertiary/aromatic N) is 2. The van der Waals surface area contributed by atoms with E-state index in [1.807, 2.05) is 55.9 Å². The van der Waals surface area contributed by atoms with Crippen molar-refractivity contribution in [2.45, 2.75) is 58.4 Å². The fourth-order valence-corrected chi connectivity index (χ4v) is 4.49. The van der Waals surface area contributed by atoms with E-state index >= 15 is 0 Å². The van der Waals surface area contributed by atoms with Crippen LogP contribution in [0, 0.1) is 5.41 Å². The molecular weight excluding hydrogens is 438 g/mol. The Bertz CT molecular complexity index is 1150. The van der Waals surface area contributed by atoms with Gasteiger partial charge in [0.25, 0.3) is 0 Å². The molecule has 178 valence electrons. The Balaban J connectivity index is 1.65. The minimum atomic E-state index is -0.149. The molecule has 0 fully saturated rings. The van der Waals surface area contributed by atoms with Gasteiger partial charge in [0.05, 0.1) is 12.4 Å². The summed E-state index contributed by atoms with van der Waals surface area (Å²) in [5.41, 5.74) is 5.73. The summed E-state index contributed by atoms with van der Waals surface area (Å²) >= 11 is 4.26. The summed E-state index contributed by atoms with van der Waals surface area (Å²) in [6.07, 6.45) is 20.1. The average molecular weight is 474 g/mol. The lowest BCUT2D eigenvalue weighted by molar-refractivity contribution is -0.111. The van der Waals surface area contributed by atoms with Gasteiger partial charge in [0.1, 0.15) is 0 Å². The number of allylic oxidation sites excluding steroid dienone is 9. The summed E-state index contributed by atoms with van der Waals surface area (Å²) in [6, 6.07) is 7.73. The number of nitrogens with one attached hydrogen (secondary N) is 1. The van der Waals surface area contributed by atoms with Crippen LogP contribution < -0.4 is 5.32 Å². The molecular formula is C29H35N3OS. The van der Waals surface area contributed by atoms with Gasteiger partial charge in [-0.1, -0.05) is 49.8 Å². The highest BCUT2D eigenvalue weighted by Crippen LogP contribution is 2.45. The molecule has 0 saturated heterocycles. The second-order valence-corrected chi connectivity index (χ2v) is 10.1. The molecule has 1 aliphatic rings. The number of aromatic nitrogens is 2. The van der Waals surface area contributed by atoms with E-state index in [1.165, 1.54) is 11.1 Å². The molecule has 2 aromatic rings. The number of hydrogen-bond donors (Lipinski definition) is 2. The fraction of sp³-hybridized carbons (Fsp3) is 0.310. The Hall–Kier alpha value is -3.05. The van der Waals surface area contributed by atoms with Crippen molar-refractivity contribution in [3.8, 4) is 0 Å². The van der Waals surface area contributed by atoms with Gasteiger partial charge in [0.2, 0.25) is 5.91 Å². The van der Waals surface area contributed by atoms with Crippen LogP contribution >= 0.6 is 12.6 Å². The third kappa shape index (κ3) is 6.97. The first-order valence-electron chi connectivity index (χ1n) is 11.7. The van der Waals surface area contributed by atoms with E-state index in [9.17, 15) is 4.79 Å². The maximum Gasteiger partial charge on any atom is 0.248 e. The maximum absolute atomic E-state index is 12.2. The van der Waals surface area contributed by atoms with Crippen LogP contribution in [-0.4, -0.2) is 15.5 Å². The van der Waals surface area contributed by atoms with E-state index in [4.69, 9.17) is 0 Å². The SMILES string of the molecule is CC1=C(/C=C/C(C)=C/C=C/C(C)=C/C(=O)Nc2ccc(S)cc2)C(C)(C)CCC1n1ccnc1. The number of benzene rings is 1. The normalized spacial score (nSPS) is 19.3. The monoisotopic (exact) mass is 473 g/mol. The molecule has 0 radical (unpaired) electrons. The van der Waals surface area contributed by atoms with E-state index in [0.29, 0.717) is 6.04 Å². The average Bonchev–Trinajstić information content (AvgIpc) is 3.29. The molecule has 0 aliphatic heterocycles. The third-order valence-electron chi connectivity index (χ3n) is 6.31. The molecule has 1 N–H and O–H groups in total. The van der Waals surface area contributed by atoms with Crippen LogP contribution in [-0.2, 0) is 4.79 Å². The number of amides is 1. The lowest BCUT2D eigenvalue weighted by Gasteiger charge is -2.37. The van der Waals surface area contributed by atoms with Crippen LogP contribution in [0.2, 0.25) is 0 Å². The summed E-state index contributed by atoms with van der Waals surface area (Å²) in [7, 11) is 0. The predicted octanol–water partition coefficient (Wildman–Crippen LogP) is 7.49. The Labute approximate surface area is 209 Å². The minimum absolute atomic E-state index is 0.146. The van der Waals surface area contributed by atoms with Crippen LogP contribution in [0.5, 0.6) is 0 Å². The highest BCUT2D eigenvalue weighted by molar-refractivity contribution is 7.80. The summed E-state index contributed by atoms with van der Waals surface area (Å²) in [6.45, 7) is 10.9. The number of thiol groups is 1. The Morgan fingerprint density at radius 1 is 1.18 bits per heavy atom. The molecule has 1 amide bonds. The smallest absolute Gasteiger partial charge is 0.248 e. The molecule has 0 spiro atoms. The van der Waals surface area contributed by atoms with Gasteiger partial charge in [-0.2, -0.15) is 0 Å². The lowest BCUT2D eigenvalue weighted by atomic mass is 9.71. The molecule has 5 heteroatoms. The van der Waals surface area contributed by atoms with Gasteiger partial charge in [-0.15, -0.1) is 12.6 Å². The Morgan fingerprint density at radius 3 is 2.59 bits per heavy atom. The van der Waals surface area contributed by atoms with Crippen molar-refractivity contribution in [3.63, 3.8) is 0 Å². The molecule has 1 unspecified atom stereocenters. The Kier molecular flexibility index (Phi) is 8.56. The van der Waals surface area contributed by atoms with Crippen LogP contribution in [0.1, 0.15) is 53.5 Å². The highest BCUT2D eigenvalue weighted by Gasteiger charge is 2.32. The van der Waals surface area contributed by atoms with Gasteiger partial charge >= 0.3 is 0 Å². The Morgan fingerprint density at radius 2 is 1.91 bits per heavy atom. The second kappa shape index (κ2) is 11.4. The van der Waals surface area contributed by atoms with Crippen molar-refractivity contribution in [2.24, 2.45) is 5.41 Å². The maximum atomic E-state index is 12.2. The van der Waals surface area contributed by atoms with Crippen molar-refractivity contribution in [1.29, 1.82) is 0 Å². The molecule has 34 heavy (non-hydrogen) atoms. The number of carbonyl (C=O) groups excluding carboxylic acids is 1. The van der Waals surface area contributed by atoms with E-state index in [-0.39, 0.29) is 11.3 Å². The molecule has 1 aromatic heterocycles. The largest absolute Gasteiger partial charge is 0.330 e. The molecule has 4 nitrogen and oxygen atoms in total. The molecule has 1 atom stereocenters. The third-order valence-corrected chi connectivity index (χ3v) is 6.60. The van der Waals surface area contributed by atoms with E-state index in [0.717, 1.165) is 34.6 Å². The molecule has 0 saturated carbocycles. The van der Waals surface area contributed by atoms with Crippen molar-refractivity contribution in [1.82, 2.24) is 9.55 Å². The summed E-state index contributed by atoms with van der Waals surface area (Å²) in [5, 5.41) is 2.86. The van der Waals surface area contributed by atoms with Crippen molar-refractivity contribution >= 4 is 24.2 Å². The van der Waals surface area contributed by atoms with E-state index in [1.54, 1.807) is 6.08 Å². The van der Waals surface area contributed by atoms with Crippen molar-refractivity contribution in [3.05, 3.63) is 102 Å². The topological polar surface area (TPSA) is 46.9 Å². The number of rotatable bonds is 7. The summed E-state index contributed by atoms with van der Waals surface area (Å²) in [5.74, 6) is -0.149. The summed E-state index contributed by atoms with van der Waals surface area (Å²) < 4.78 is 2.21. The first kappa shape index (κ1) is 25.6. The first-order valence-corrected chi connectivity index (χ1v) is 12.1. The van der Waals surface area contributed by atoms with Crippen molar-refractivity contribution < 1.29 is 4.79 Å². The van der Waals surface area contributed by atoms with Gasteiger partial charge in [-0.25, -0.2) is 4.98 Å². The highest BCUT2D eigenvalue weighted by atomic mass is 32.1. The van der Waals surface area contributed by atoms with Crippen LogP contribution in [0.3, 0.4) is 0 Å². The molecule has 1 aliphatic carbocycles. The van der Waals surface area contributed by atoms with Crippen molar-refractivity contribution in [2.75, 3.05) is 5.32 Å². The quantitative estimate of drug-likeness (QED) is 0.248. The van der Waals surface area contributed by atoms with Gasteiger partial charge < -0.3 is 9.88 Å². The zero-order valence-electron chi connectivity index (χ0n) is 20.7. The van der Waals surface area contributed by atoms with Crippen LogP contribution in [0.25, 0.3) is 0 Å². The lowest BCUT2D eigenvalue weighted by Crippen LogP contribution is -2.25. The van der Waals surface area contributed by atoms with E-state index < -0.39 is 0 Å². The zero-order valence-corrected chi connectivity index (χ0v) is 21.6. The molecule has 0 bridgehead atoms. The van der Waals surface area contributed by atoms with Crippen LogP contribution in [0.15, 0.2) is 107 Å².